The Morgan fingerprint density at radius 3 is 2.71 bits per heavy atom. The van der Waals surface area contributed by atoms with Crippen molar-refractivity contribution in [2.45, 2.75) is 13.0 Å². The van der Waals surface area contributed by atoms with Crippen LogP contribution < -0.4 is 10.1 Å². The lowest BCUT2D eigenvalue weighted by atomic mass is 10.1. The number of fused-ring (bicyclic) bond motifs is 3. The average molecular weight is 394 g/mol. The van der Waals surface area contributed by atoms with E-state index >= 15 is 0 Å². The van der Waals surface area contributed by atoms with Crippen molar-refractivity contribution in [1.29, 1.82) is 0 Å². The predicted octanol–water partition coefficient (Wildman–Crippen LogP) is 3.05. The highest BCUT2D eigenvalue weighted by Crippen LogP contribution is 2.33. The number of aliphatic imine (C=N–C) groups is 2. The van der Waals surface area contributed by atoms with Gasteiger partial charge in [0, 0.05) is 11.3 Å². The first-order valence-corrected chi connectivity index (χ1v) is 9.72. The lowest BCUT2D eigenvalue weighted by molar-refractivity contribution is -0.124. The summed E-state index contributed by atoms with van der Waals surface area (Å²) >= 11 is 1.22. The minimum atomic E-state index is -0.458. The molecule has 2 aliphatic rings. The molecule has 2 aromatic carbocycles. The molecule has 28 heavy (non-hydrogen) atoms. The number of ether oxygens (including phenoxy) is 1. The van der Waals surface area contributed by atoms with E-state index in [2.05, 4.69) is 15.3 Å². The van der Waals surface area contributed by atoms with Gasteiger partial charge in [-0.25, -0.2) is 9.89 Å². The van der Waals surface area contributed by atoms with Gasteiger partial charge in [-0.1, -0.05) is 23.9 Å². The molecule has 0 aliphatic carbocycles. The van der Waals surface area contributed by atoms with E-state index in [4.69, 9.17) is 4.74 Å². The third-order valence-corrected chi connectivity index (χ3v) is 5.30. The van der Waals surface area contributed by atoms with Gasteiger partial charge in [0.15, 0.2) is 5.17 Å². The van der Waals surface area contributed by atoms with Crippen LogP contribution in [0.15, 0.2) is 58.5 Å². The summed E-state index contributed by atoms with van der Waals surface area (Å²) in [6.45, 7) is 1.76. The highest BCUT2D eigenvalue weighted by Gasteiger charge is 2.39. The van der Waals surface area contributed by atoms with Crippen molar-refractivity contribution in [2.24, 2.45) is 9.98 Å². The van der Waals surface area contributed by atoms with E-state index < -0.39 is 6.04 Å². The zero-order valence-electron chi connectivity index (χ0n) is 15.4. The molecule has 0 aromatic heterocycles. The molecule has 0 saturated carbocycles. The predicted molar refractivity (Wildman–Crippen MR) is 110 cm³/mol. The number of hydrogen-bond acceptors (Lipinski definition) is 6. The molecular weight excluding hydrogens is 376 g/mol. The van der Waals surface area contributed by atoms with Gasteiger partial charge < -0.3 is 10.1 Å². The lowest BCUT2D eigenvalue weighted by Gasteiger charge is -2.25. The monoisotopic (exact) mass is 394 g/mol. The molecule has 2 aromatic rings. The van der Waals surface area contributed by atoms with Gasteiger partial charge in [0.05, 0.1) is 18.6 Å². The number of carbonyl (C=O) groups excluding carboxylic acids is 2. The number of nitrogens with one attached hydrogen (secondary N) is 1. The summed E-state index contributed by atoms with van der Waals surface area (Å²) in [6, 6.07) is 14.2. The van der Waals surface area contributed by atoms with E-state index in [1.165, 1.54) is 16.7 Å². The van der Waals surface area contributed by atoms with Crippen molar-refractivity contribution in [3.05, 3.63) is 54.1 Å². The van der Waals surface area contributed by atoms with Gasteiger partial charge in [0.2, 0.25) is 5.91 Å². The molecule has 0 saturated heterocycles. The van der Waals surface area contributed by atoms with Crippen LogP contribution in [0.25, 0.3) is 0 Å². The first kappa shape index (κ1) is 18.2. The van der Waals surface area contributed by atoms with Gasteiger partial charge in [-0.3, -0.25) is 14.6 Å². The van der Waals surface area contributed by atoms with Crippen molar-refractivity contribution >= 4 is 46.0 Å². The van der Waals surface area contributed by atoms with Crippen molar-refractivity contribution in [2.75, 3.05) is 18.2 Å². The lowest BCUT2D eigenvalue weighted by Crippen LogP contribution is -2.41. The smallest absolute Gasteiger partial charge is 0.258 e. The second-order valence-electron chi connectivity index (χ2n) is 6.28. The van der Waals surface area contributed by atoms with Crippen molar-refractivity contribution in [3.63, 3.8) is 0 Å². The molecule has 2 heterocycles. The minimum absolute atomic E-state index is 0.123. The molecule has 8 heteroatoms. The molecule has 1 N–H and O–H groups in total. The fourth-order valence-electron chi connectivity index (χ4n) is 2.97. The summed E-state index contributed by atoms with van der Waals surface area (Å²) in [4.78, 5) is 35.5. The Balaban J connectivity index is 1.49. The molecule has 0 radical (unpaired) electrons. The van der Waals surface area contributed by atoms with E-state index in [1.54, 1.807) is 38.3 Å². The van der Waals surface area contributed by atoms with Gasteiger partial charge in [-0.05, 0) is 43.3 Å². The first-order chi connectivity index (χ1) is 13.6. The molecule has 4 rings (SSSR count). The molecule has 1 atom stereocenters. The molecule has 7 nitrogen and oxygen atoms in total. The molecule has 0 bridgehead atoms. The zero-order chi connectivity index (χ0) is 19.7. The van der Waals surface area contributed by atoms with Gasteiger partial charge in [0.25, 0.3) is 5.91 Å². The summed E-state index contributed by atoms with van der Waals surface area (Å²) in [5, 5.41) is 3.30. The number of amidine groups is 2. The van der Waals surface area contributed by atoms with Crippen LogP contribution in [0.5, 0.6) is 5.75 Å². The van der Waals surface area contributed by atoms with Crippen LogP contribution in [0.2, 0.25) is 0 Å². The Labute approximate surface area is 166 Å². The van der Waals surface area contributed by atoms with Gasteiger partial charge in [-0.15, -0.1) is 0 Å². The number of carbonyl (C=O) groups is 2. The Hall–Kier alpha value is -3.13. The van der Waals surface area contributed by atoms with Crippen LogP contribution in [0.3, 0.4) is 0 Å². The maximum absolute atomic E-state index is 12.6. The van der Waals surface area contributed by atoms with Crippen LogP contribution in [-0.2, 0) is 9.59 Å². The summed E-state index contributed by atoms with van der Waals surface area (Å²) < 4.78 is 5.11. The maximum Gasteiger partial charge on any atom is 0.258 e. The highest BCUT2D eigenvalue weighted by atomic mass is 32.2. The average Bonchev–Trinajstić information content (AvgIpc) is 3.02. The molecular formula is C20H18N4O3S. The standard InChI is InChI=1S/C20H18N4O3S/c1-12-19(26)24-18(21-12)15-5-3-4-6-16(15)23-20(24)28-11-17(25)22-13-7-9-14(27-2)10-8-13/h3-10,12H,11H2,1-2H3,(H,22,25)/t12-/m0/s1. The fraction of sp³-hybridized carbons (Fsp3) is 0.200. The van der Waals surface area contributed by atoms with Crippen molar-refractivity contribution in [3.8, 4) is 5.75 Å². The summed E-state index contributed by atoms with van der Waals surface area (Å²) in [5.74, 6) is 1.12. The number of rotatable bonds is 4. The summed E-state index contributed by atoms with van der Waals surface area (Å²) in [5.41, 5.74) is 2.25. The SMILES string of the molecule is COc1ccc(NC(=O)CSC2=Nc3ccccc3C3=N[C@@H](C)C(=O)N23)cc1. The van der Waals surface area contributed by atoms with Gasteiger partial charge >= 0.3 is 0 Å². The number of para-hydroxylation sites is 1. The molecule has 2 aliphatic heterocycles. The van der Waals surface area contributed by atoms with E-state index in [1.807, 2.05) is 24.3 Å². The van der Waals surface area contributed by atoms with Gasteiger partial charge in [-0.2, -0.15) is 0 Å². The van der Waals surface area contributed by atoms with Crippen LogP contribution in [-0.4, -0.2) is 46.6 Å². The van der Waals surface area contributed by atoms with Crippen LogP contribution in [0, 0.1) is 0 Å². The van der Waals surface area contributed by atoms with Crippen molar-refractivity contribution < 1.29 is 14.3 Å². The molecule has 2 amide bonds. The van der Waals surface area contributed by atoms with E-state index in [9.17, 15) is 9.59 Å². The summed E-state index contributed by atoms with van der Waals surface area (Å²) in [6.07, 6.45) is 0. The van der Waals surface area contributed by atoms with E-state index in [0.29, 0.717) is 16.7 Å². The fourth-order valence-corrected chi connectivity index (χ4v) is 3.77. The molecule has 0 spiro atoms. The highest BCUT2D eigenvalue weighted by molar-refractivity contribution is 8.14. The topological polar surface area (TPSA) is 83.4 Å². The number of nitrogens with zero attached hydrogens (tertiary/aromatic N) is 3. The number of amides is 2. The van der Waals surface area contributed by atoms with Crippen LogP contribution in [0.4, 0.5) is 11.4 Å². The Kier molecular flexibility index (Phi) is 4.87. The van der Waals surface area contributed by atoms with Gasteiger partial charge in [0.1, 0.15) is 17.6 Å². The third kappa shape index (κ3) is 3.38. The number of benzene rings is 2. The first-order valence-electron chi connectivity index (χ1n) is 8.73. The second kappa shape index (κ2) is 7.47. The molecule has 142 valence electrons. The normalized spacial score (nSPS) is 17.4. The van der Waals surface area contributed by atoms with Crippen LogP contribution in [0.1, 0.15) is 12.5 Å². The largest absolute Gasteiger partial charge is 0.497 e. The Morgan fingerprint density at radius 2 is 1.96 bits per heavy atom. The number of methoxy groups -OCH3 is 1. The zero-order valence-corrected chi connectivity index (χ0v) is 16.2. The second-order valence-corrected chi connectivity index (χ2v) is 7.22. The Morgan fingerprint density at radius 1 is 1.21 bits per heavy atom. The number of hydrogen-bond donors (Lipinski definition) is 1. The third-order valence-electron chi connectivity index (χ3n) is 4.36. The molecule has 0 unspecified atom stereocenters. The quantitative estimate of drug-likeness (QED) is 0.864. The van der Waals surface area contributed by atoms with Crippen LogP contribution >= 0.6 is 11.8 Å². The number of anilines is 1. The Bertz CT molecular complexity index is 1000. The summed E-state index contributed by atoms with van der Waals surface area (Å²) in [7, 11) is 1.59. The molecule has 0 fully saturated rings. The number of thioether (sulfide) groups is 1. The van der Waals surface area contributed by atoms with E-state index in [0.717, 1.165) is 17.0 Å². The minimum Gasteiger partial charge on any atom is -0.497 e. The maximum atomic E-state index is 12.6. The van der Waals surface area contributed by atoms with E-state index in [-0.39, 0.29) is 17.6 Å². The van der Waals surface area contributed by atoms with Crippen molar-refractivity contribution in [1.82, 2.24) is 4.90 Å².